The molecule has 5 aromatic rings. The summed E-state index contributed by atoms with van der Waals surface area (Å²) in [6.07, 6.45) is 1.27. The Morgan fingerprint density at radius 1 is 0.548 bits per heavy atom. The van der Waals surface area contributed by atoms with Crippen LogP contribution in [0, 0.1) is 0 Å². The average Bonchev–Trinajstić information content (AvgIpc) is 3.03. The van der Waals surface area contributed by atoms with Crippen molar-refractivity contribution in [2.24, 2.45) is 0 Å². The van der Waals surface area contributed by atoms with Crippen molar-refractivity contribution < 1.29 is 4.79 Å². The molecule has 0 aliphatic heterocycles. The van der Waals surface area contributed by atoms with Crippen LogP contribution in [0.3, 0.4) is 0 Å². The van der Waals surface area contributed by atoms with E-state index in [9.17, 15) is 4.79 Å². The topological polar surface area (TPSA) is 32.3 Å². The predicted octanol–water partition coefficient (Wildman–Crippen LogP) is 9.93. The Morgan fingerprint density at radius 3 is 1.24 bits per heavy atom. The highest BCUT2D eigenvalue weighted by molar-refractivity contribution is 5.99. The summed E-state index contributed by atoms with van der Waals surface area (Å²) in [5, 5.41) is 2.84. The molecule has 0 radical (unpaired) electrons. The SMILES string of the molecule is C=CC(=O)Nc1ccc(N(c2ccc(C(C)(C)c3ccccc3)cc2)c2ccc(C(C)(C)c3ccccc3)cc2)cc1. The Labute approximate surface area is 250 Å². The van der Waals surface area contributed by atoms with Gasteiger partial charge in [0.2, 0.25) is 5.91 Å². The van der Waals surface area contributed by atoms with Gasteiger partial charge in [-0.3, -0.25) is 4.79 Å². The zero-order valence-corrected chi connectivity index (χ0v) is 24.8. The van der Waals surface area contributed by atoms with Crippen LogP contribution in [-0.4, -0.2) is 5.91 Å². The minimum Gasteiger partial charge on any atom is -0.323 e. The van der Waals surface area contributed by atoms with Gasteiger partial charge in [-0.2, -0.15) is 0 Å². The largest absolute Gasteiger partial charge is 0.323 e. The van der Waals surface area contributed by atoms with Gasteiger partial charge in [0.15, 0.2) is 0 Å². The van der Waals surface area contributed by atoms with Gasteiger partial charge in [-0.15, -0.1) is 0 Å². The third-order valence-electron chi connectivity index (χ3n) is 8.26. The second kappa shape index (κ2) is 11.9. The lowest BCUT2D eigenvalue weighted by atomic mass is 9.78. The molecule has 0 atom stereocenters. The first-order valence-corrected chi connectivity index (χ1v) is 14.4. The molecular formula is C39H38N2O. The van der Waals surface area contributed by atoms with Gasteiger partial charge in [-0.05, 0) is 76.9 Å². The molecule has 3 nitrogen and oxygen atoms in total. The highest BCUT2D eigenvalue weighted by Gasteiger charge is 2.25. The first-order valence-electron chi connectivity index (χ1n) is 14.4. The Kier molecular flexibility index (Phi) is 8.13. The lowest BCUT2D eigenvalue weighted by Crippen LogP contribution is -2.19. The molecule has 3 heteroatoms. The van der Waals surface area contributed by atoms with Crippen LogP contribution in [0.4, 0.5) is 22.7 Å². The number of anilines is 4. The Balaban J connectivity index is 1.52. The van der Waals surface area contributed by atoms with Crippen LogP contribution in [0.25, 0.3) is 0 Å². The standard InChI is InChI=1S/C39H38N2O/c1-6-37(42)40-33-21-27-36(28-22-33)41(34-23-17-31(18-24-34)38(2,3)29-13-9-7-10-14-29)35-25-19-32(20-26-35)39(4,5)30-15-11-8-12-16-30/h6-28H,1H2,2-5H3,(H,40,42). The van der Waals surface area contributed by atoms with Crippen molar-refractivity contribution in [3.8, 4) is 0 Å². The van der Waals surface area contributed by atoms with Gasteiger partial charge in [-0.25, -0.2) is 0 Å². The number of hydrogen-bond acceptors (Lipinski definition) is 2. The quantitative estimate of drug-likeness (QED) is 0.185. The summed E-state index contributed by atoms with van der Waals surface area (Å²) < 4.78 is 0. The minimum atomic E-state index is -0.229. The highest BCUT2D eigenvalue weighted by atomic mass is 16.1. The first kappa shape index (κ1) is 28.6. The maximum Gasteiger partial charge on any atom is 0.247 e. The molecular weight excluding hydrogens is 512 g/mol. The lowest BCUT2D eigenvalue weighted by molar-refractivity contribution is -0.111. The molecule has 0 aromatic heterocycles. The third kappa shape index (κ3) is 5.91. The van der Waals surface area contributed by atoms with E-state index in [0.29, 0.717) is 0 Å². The van der Waals surface area contributed by atoms with Crippen molar-refractivity contribution in [1.82, 2.24) is 0 Å². The van der Waals surface area contributed by atoms with Gasteiger partial charge in [-0.1, -0.05) is 119 Å². The Hall–Kier alpha value is -4.89. The summed E-state index contributed by atoms with van der Waals surface area (Å²) >= 11 is 0. The molecule has 42 heavy (non-hydrogen) atoms. The third-order valence-corrected chi connectivity index (χ3v) is 8.26. The molecule has 0 unspecified atom stereocenters. The normalized spacial score (nSPS) is 11.5. The number of nitrogens with zero attached hydrogens (tertiary/aromatic N) is 1. The van der Waals surface area contributed by atoms with E-state index in [4.69, 9.17) is 0 Å². The van der Waals surface area contributed by atoms with Crippen molar-refractivity contribution in [2.45, 2.75) is 38.5 Å². The summed E-state index contributed by atoms with van der Waals surface area (Å²) in [4.78, 5) is 14.1. The van der Waals surface area contributed by atoms with E-state index >= 15 is 0 Å². The van der Waals surface area contributed by atoms with Gasteiger partial charge in [0.25, 0.3) is 0 Å². The fourth-order valence-corrected chi connectivity index (χ4v) is 5.43. The van der Waals surface area contributed by atoms with Gasteiger partial charge < -0.3 is 10.2 Å². The molecule has 0 spiro atoms. The smallest absolute Gasteiger partial charge is 0.247 e. The fraction of sp³-hybridized carbons (Fsp3) is 0.154. The zero-order valence-electron chi connectivity index (χ0n) is 24.8. The Bertz CT molecular complexity index is 1540. The van der Waals surface area contributed by atoms with Crippen LogP contribution in [0.1, 0.15) is 49.9 Å². The molecule has 0 saturated heterocycles. The fourth-order valence-electron chi connectivity index (χ4n) is 5.43. The zero-order chi connectivity index (χ0) is 29.7. The molecule has 0 aliphatic rings. The van der Waals surface area contributed by atoms with Crippen LogP contribution in [0.15, 0.2) is 146 Å². The number of carbonyl (C=O) groups is 1. The van der Waals surface area contributed by atoms with Crippen LogP contribution in [0.2, 0.25) is 0 Å². The maximum absolute atomic E-state index is 11.8. The lowest BCUT2D eigenvalue weighted by Gasteiger charge is -2.30. The van der Waals surface area contributed by atoms with E-state index in [1.807, 2.05) is 24.3 Å². The molecule has 0 bridgehead atoms. The van der Waals surface area contributed by atoms with E-state index < -0.39 is 0 Å². The summed E-state index contributed by atoms with van der Waals surface area (Å²) in [5.41, 5.74) is 8.65. The molecule has 0 saturated carbocycles. The van der Waals surface area contributed by atoms with Crippen LogP contribution in [0.5, 0.6) is 0 Å². The van der Waals surface area contributed by atoms with Crippen LogP contribution >= 0.6 is 0 Å². The van der Waals surface area contributed by atoms with Crippen molar-refractivity contribution >= 4 is 28.7 Å². The summed E-state index contributed by atoms with van der Waals surface area (Å²) in [7, 11) is 0. The second-order valence-electron chi connectivity index (χ2n) is 11.7. The highest BCUT2D eigenvalue weighted by Crippen LogP contribution is 2.39. The van der Waals surface area contributed by atoms with Crippen molar-refractivity contribution in [2.75, 3.05) is 10.2 Å². The van der Waals surface area contributed by atoms with Gasteiger partial charge in [0.1, 0.15) is 0 Å². The predicted molar refractivity (Wildman–Crippen MR) is 177 cm³/mol. The number of hydrogen-bond donors (Lipinski definition) is 1. The number of rotatable bonds is 9. The molecule has 5 aromatic carbocycles. The summed E-state index contributed by atoms with van der Waals surface area (Å²) in [6.45, 7) is 12.6. The van der Waals surface area contributed by atoms with E-state index in [2.05, 4.69) is 154 Å². The van der Waals surface area contributed by atoms with E-state index in [1.54, 1.807) is 0 Å². The summed E-state index contributed by atoms with van der Waals surface area (Å²) in [6, 6.07) is 46.8. The minimum absolute atomic E-state index is 0.125. The molecule has 5 rings (SSSR count). The van der Waals surface area contributed by atoms with E-state index in [-0.39, 0.29) is 16.7 Å². The number of nitrogens with one attached hydrogen (secondary N) is 1. The number of benzene rings is 5. The van der Waals surface area contributed by atoms with Gasteiger partial charge >= 0.3 is 0 Å². The molecule has 0 heterocycles. The van der Waals surface area contributed by atoms with Gasteiger partial charge in [0, 0.05) is 33.6 Å². The Morgan fingerprint density at radius 2 is 0.881 bits per heavy atom. The molecule has 0 aliphatic carbocycles. The molecule has 0 fully saturated rings. The maximum atomic E-state index is 11.8. The van der Waals surface area contributed by atoms with Crippen molar-refractivity contribution in [3.63, 3.8) is 0 Å². The molecule has 1 amide bonds. The van der Waals surface area contributed by atoms with E-state index in [0.717, 1.165) is 22.7 Å². The van der Waals surface area contributed by atoms with E-state index in [1.165, 1.54) is 28.3 Å². The summed E-state index contributed by atoms with van der Waals surface area (Å²) in [5.74, 6) is -0.229. The number of amides is 1. The second-order valence-corrected chi connectivity index (χ2v) is 11.7. The molecule has 210 valence electrons. The monoisotopic (exact) mass is 550 g/mol. The molecule has 1 N–H and O–H groups in total. The number of carbonyl (C=O) groups excluding carboxylic acids is 1. The average molecular weight is 551 g/mol. The first-order chi connectivity index (χ1) is 20.2. The van der Waals surface area contributed by atoms with Crippen molar-refractivity contribution in [3.05, 3.63) is 168 Å². The van der Waals surface area contributed by atoms with Gasteiger partial charge in [0.05, 0.1) is 0 Å². The van der Waals surface area contributed by atoms with Crippen LogP contribution < -0.4 is 10.2 Å². The van der Waals surface area contributed by atoms with Crippen molar-refractivity contribution in [1.29, 1.82) is 0 Å². The van der Waals surface area contributed by atoms with Crippen LogP contribution in [-0.2, 0) is 15.6 Å².